The van der Waals surface area contributed by atoms with Gasteiger partial charge in [-0.15, -0.1) is 0 Å². The van der Waals surface area contributed by atoms with Gasteiger partial charge in [-0.1, -0.05) is 54.6 Å². The zero-order chi connectivity index (χ0) is 18.0. The Labute approximate surface area is 155 Å². The van der Waals surface area contributed by atoms with Gasteiger partial charge in [-0.05, 0) is 43.3 Å². The summed E-state index contributed by atoms with van der Waals surface area (Å²) in [7, 11) is -2.17. The molecule has 0 aromatic heterocycles. The van der Waals surface area contributed by atoms with Crippen molar-refractivity contribution in [1.82, 2.24) is 0 Å². The van der Waals surface area contributed by atoms with Gasteiger partial charge in [0.25, 0.3) is 0 Å². The van der Waals surface area contributed by atoms with E-state index in [9.17, 15) is 4.79 Å². The van der Waals surface area contributed by atoms with Crippen LogP contribution in [0.5, 0.6) is 0 Å². The maximum absolute atomic E-state index is 13.0. The molecule has 0 N–H and O–H groups in total. The predicted molar refractivity (Wildman–Crippen MR) is 109 cm³/mol. The van der Waals surface area contributed by atoms with Crippen molar-refractivity contribution in [3.63, 3.8) is 0 Å². The number of carbonyl (C=O) groups is 1. The van der Waals surface area contributed by atoms with Crippen molar-refractivity contribution in [1.29, 1.82) is 0 Å². The topological polar surface area (TPSA) is 26.3 Å². The summed E-state index contributed by atoms with van der Waals surface area (Å²) in [6, 6.07) is 31.5. The minimum atomic E-state index is -2.17. The van der Waals surface area contributed by atoms with E-state index in [1.54, 1.807) is 0 Å². The average molecular weight is 361 g/mol. The molecule has 2 atom stereocenters. The Bertz CT molecular complexity index is 781. The van der Waals surface area contributed by atoms with Gasteiger partial charge in [-0.25, -0.2) is 4.79 Å². The van der Waals surface area contributed by atoms with Crippen molar-refractivity contribution in [3.8, 4) is 0 Å². The maximum atomic E-state index is 13.0. The molecule has 0 bridgehead atoms. The first-order chi connectivity index (χ1) is 12.7. The number of benzene rings is 3. The first-order valence-electron chi connectivity index (χ1n) is 8.99. The first-order valence-corrected chi connectivity index (χ1v) is 10.8. The van der Waals surface area contributed by atoms with E-state index in [0.29, 0.717) is 0 Å². The molecule has 0 aliphatic carbocycles. The molecule has 0 amide bonds. The summed E-state index contributed by atoms with van der Waals surface area (Å²) in [5, 5.41) is 3.69. The Kier molecular flexibility index (Phi) is 4.61. The molecule has 0 saturated carbocycles. The SMILES string of the molecule is CC1CC([P+](c2ccccc2)(c2ccccc2)c2ccccc2)C(=O)O1. The normalized spacial score (nSPS) is 20.0. The van der Waals surface area contributed by atoms with Crippen LogP contribution in [0.4, 0.5) is 0 Å². The molecule has 1 saturated heterocycles. The number of hydrogen-bond donors (Lipinski definition) is 0. The summed E-state index contributed by atoms with van der Waals surface area (Å²) in [6.07, 6.45) is 0.716. The summed E-state index contributed by atoms with van der Waals surface area (Å²) < 4.78 is 5.63. The lowest BCUT2D eigenvalue weighted by Crippen LogP contribution is -2.40. The Morgan fingerprint density at radius 3 is 1.42 bits per heavy atom. The fraction of sp³-hybridized carbons (Fsp3) is 0.174. The summed E-state index contributed by atoms with van der Waals surface area (Å²) >= 11 is 0. The first kappa shape index (κ1) is 17.0. The molecule has 2 unspecified atom stereocenters. The maximum Gasteiger partial charge on any atom is 0.348 e. The monoisotopic (exact) mass is 361 g/mol. The van der Waals surface area contributed by atoms with Gasteiger partial charge >= 0.3 is 5.97 Å². The van der Waals surface area contributed by atoms with Gasteiger partial charge in [0.15, 0.2) is 5.66 Å². The summed E-state index contributed by atoms with van der Waals surface area (Å²) in [5.74, 6) is -0.0672. The summed E-state index contributed by atoms with van der Waals surface area (Å²) in [5.41, 5.74) is -0.148. The van der Waals surface area contributed by atoms with Crippen molar-refractivity contribution in [2.24, 2.45) is 0 Å². The highest BCUT2D eigenvalue weighted by Crippen LogP contribution is 2.62. The molecule has 4 rings (SSSR count). The Balaban J connectivity index is 2.06. The smallest absolute Gasteiger partial charge is 0.348 e. The average Bonchev–Trinajstić information content (AvgIpc) is 3.03. The number of esters is 1. The van der Waals surface area contributed by atoms with Gasteiger partial charge in [0.1, 0.15) is 29.3 Å². The molecule has 3 aromatic rings. The second-order valence-corrected chi connectivity index (χ2v) is 10.3. The lowest BCUT2D eigenvalue weighted by Gasteiger charge is -2.30. The van der Waals surface area contributed by atoms with Crippen LogP contribution in [-0.2, 0) is 9.53 Å². The number of hydrogen-bond acceptors (Lipinski definition) is 2. The molecular formula is C23H22O2P+. The van der Waals surface area contributed by atoms with Crippen LogP contribution in [0.3, 0.4) is 0 Å². The van der Waals surface area contributed by atoms with E-state index in [4.69, 9.17) is 4.74 Å². The van der Waals surface area contributed by atoms with Gasteiger partial charge in [0, 0.05) is 6.42 Å². The fourth-order valence-electron chi connectivity index (χ4n) is 4.03. The van der Waals surface area contributed by atoms with E-state index in [1.807, 2.05) is 25.1 Å². The van der Waals surface area contributed by atoms with E-state index < -0.39 is 7.26 Å². The molecule has 1 aliphatic rings. The van der Waals surface area contributed by atoms with Crippen molar-refractivity contribution in [2.75, 3.05) is 0 Å². The van der Waals surface area contributed by atoms with Crippen molar-refractivity contribution < 1.29 is 9.53 Å². The quantitative estimate of drug-likeness (QED) is 0.523. The lowest BCUT2D eigenvalue weighted by molar-refractivity contribution is -0.140. The van der Waals surface area contributed by atoms with E-state index in [2.05, 4.69) is 72.8 Å². The van der Waals surface area contributed by atoms with Crippen molar-refractivity contribution in [3.05, 3.63) is 91.0 Å². The number of ether oxygens (including phenoxy) is 1. The van der Waals surface area contributed by atoms with Crippen molar-refractivity contribution in [2.45, 2.75) is 25.1 Å². The van der Waals surface area contributed by atoms with E-state index >= 15 is 0 Å². The zero-order valence-electron chi connectivity index (χ0n) is 14.8. The molecule has 1 aliphatic heterocycles. The number of rotatable bonds is 4. The van der Waals surface area contributed by atoms with E-state index in [1.165, 1.54) is 15.9 Å². The minimum absolute atomic E-state index is 0.0389. The number of carbonyl (C=O) groups excluding carboxylic acids is 1. The fourth-order valence-corrected chi connectivity index (χ4v) is 8.92. The van der Waals surface area contributed by atoms with Crippen LogP contribution in [0.2, 0.25) is 0 Å². The van der Waals surface area contributed by atoms with Gasteiger partial charge < -0.3 is 4.74 Å². The molecule has 3 heteroatoms. The van der Waals surface area contributed by atoms with Gasteiger partial charge in [-0.2, -0.15) is 0 Å². The minimum Gasteiger partial charge on any atom is -0.460 e. The van der Waals surface area contributed by atoms with Crippen LogP contribution >= 0.6 is 7.26 Å². The van der Waals surface area contributed by atoms with E-state index in [-0.39, 0.29) is 17.7 Å². The zero-order valence-corrected chi connectivity index (χ0v) is 15.7. The molecule has 0 spiro atoms. The molecule has 26 heavy (non-hydrogen) atoms. The third kappa shape index (κ3) is 2.75. The Hall–Kier alpha value is -2.44. The van der Waals surface area contributed by atoms with Crippen molar-refractivity contribution >= 4 is 29.1 Å². The summed E-state index contributed by atoms with van der Waals surface area (Å²) in [4.78, 5) is 13.0. The molecule has 1 fully saturated rings. The molecule has 1 heterocycles. The van der Waals surface area contributed by atoms with Gasteiger partial charge in [-0.3, -0.25) is 0 Å². The highest BCUT2D eigenvalue weighted by Gasteiger charge is 2.59. The second kappa shape index (κ2) is 7.05. The highest BCUT2D eigenvalue weighted by atomic mass is 31.2. The third-order valence-corrected chi connectivity index (χ3v) is 9.80. The standard InChI is InChI=1S/C23H22O2P/c1-18-17-22(23(24)25-18)26(19-11-5-2-6-12-19,20-13-7-3-8-14-20)21-15-9-4-10-16-21/h2-16,18,22H,17H2,1H3/q+1. The van der Waals surface area contributed by atoms with Crippen LogP contribution in [0.1, 0.15) is 13.3 Å². The van der Waals surface area contributed by atoms with Crippen LogP contribution in [-0.4, -0.2) is 17.7 Å². The third-order valence-electron chi connectivity index (χ3n) is 5.10. The van der Waals surface area contributed by atoms with Crippen LogP contribution in [0.25, 0.3) is 0 Å². The molecule has 2 nitrogen and oxygen atoms in total. The largest absolute Gasteiger partial charge is 0.460 e. The highest BCUT2D eigenvalue weighted by molar-refractivity contribution is 7.96. The Morgan fingerprint density at radius 1 is 0.731 bits per heavy atom. The van der Waals surface area contributed by atoms with Crippen LogP contribution in [0, 0.1) is 0 Å². The molecule has 130 valence electrons. The molecule has 0 radical (unpaired) electrons. The Morgan fingerprint density at radius 2 is 1.12 bits per heavy atom. The van der Waals surface area contributed by atoms with E-state index in [0.717, 1.165) is 6.42 Å². The second-order valence-electron chi connectivity index (χ2n) is 6.73. The summed E-state index contributed by atoms with van der Waals surface area (Å²) in [6.45, 7) is 1.99. The number of cyclic esters (lactones) is 1. The van der Waals surface area contributed by atoms with Gasteiger partial charge in [0.05, 0.1) is 0 Å². The predicted octanol–water partition coefficient (Wildman–Crippen LogP) is 3.68. The lowest BCUT2D eigenvalue weighted by atomic mass is 10.2. The van der Waals surface area contributed by atoms with Crippen LogP contribution < -0.4 is 15.9 Å². The van der Waals surface area contributed by atoms with Gasteiger partial charge in [0.2, 0.25) is 0 Å². The van der Waals surface area contributed by atoms with Crippen LogP contribution in [0.15, 0.2) is 91.0 Å². The molecule has 3 aromatic carbocycles. The molecular weight excluding hydrogens is 339 g/mol.